The second-order valence-electron chi connectivity index (χ2n) is 5.14. The van der Waals surface area contributed by atoms with E-state index in [0.717, 1.165) is 25.5 Å². The number of rotatable bonds is 3. The fourth-order valence-corrected chi connectivity index (χ4v) is 3.43. The minimum Gasteiger partial charge on any atom is -0.341 e. The average molecular weight is 272 g/mol. The van der Waals surface area contributed by atoms with Gasteiger partial charge in [-0.3, -0.25) is 4.79 Å². The Morgan fingerprint density at radius 1 is 1.33 bits per heavy atom. The second-order valence-corrected chi connectivity index (χ2v) is 6.92. The predicted octanol–water partition coefficient (Wildman–Crippen LogP) is 0.493. The minimum absolute atomic E-state index is 0.0898. The number of carbonyl (C=O) groups excluding carboxylic acids is 1. The van der Waals surface area contributed by atoms with E-state index in [-0.39, 0.29) is 17.9 Å². The van der Waals surface area contributed by atoms with E-state index in [1.807, 2.05) is 0 Å². The average Bonchev–Trinajstić information content (AvgIpc) is 2.75. The minimum atomic E-state index is -3.18. The van der Waals surface area contributed by atoms with Crippen LogP contribution in [0.3, 0.4) is 0 Å². The third-order valence-electron chi connectivity index (χ3n) is 3.50. The zero-order valence-corrected chi connectivity index (χ0v) is 11.4. The number of carbonyl (C=O) groups is 1. The molecular formula is C12H20N2O3S. The maximum Gasteiger partial charge on any atom is 0.226 e. The summed E-state index contributed by atoms with van der Waals surface area (Å²) in [6.07, 6.45) is 8.74. The van der Waals surface area contributed by atoms with Gasteiger partial charge < -0.3 is 4.90 Å². The molecule has 0 radical (unpaired) electrons. The van der Waals surface area contributed by atoms with Crippen molar-refractivity contribution in [2.45, 2.75) is 31.7 Å². The van der Waals surface area contributed by atoms with Gasteiger partial charge in [0, 0.05) is 25.0 Å². The molecule has 0 aromatic carbocycles. The molecule has 0 bridgehead atoms. The van der Waals surface area contributed by atoms with Crippen LogP contribution in [0.5, 0.6) is 0 Å². The molecule has 102 valence electrons. The van der Waals surface area contributed by atoms with Crippen molar-refractivity contribution in [3.63, 3.8) is 0 Å². The van der Waals surface area contributed by atoms with E-state index < -0.39 is 10.0 Å². The maximum atomic E-state index is 12.2. The van der Waals surface area contributed by atoms with Crippen LogP contribution in [0.4, 0.5) is 0 Å². The first kappa shape index (κ1) is 13.5. The first-order chi connectivity index (χ1) is 8.46. The van der Waals surface area contributed by atoms with E-state index in [9.17, 15) is 13.2 Å². The molecule has 1 saturated heterocycles. The highest BCUT2D eigenvalue weighted by Crippen LogP contribution is 2.22. The topological polar surface area (TPSA) is 66.5 Å². The van der Waals surface area contributed by atoms with Gasteiger partial charge in [-0.25, -0.2) is 13.1 Å². The highest BCUT2D eigenvalue weighted by atomic mass is 32.2. The summed E-state index contributed by atoms with van der Waals surface area (Å²) in [5, 5.41) is 0. The molecule has 18 heavy (non-hydrogen) atoms. The molecule has 2 aliphatic rings. The van der Waals surface area contributed by atoms with Crippen molar-refractivity contribution >= 4 is 15.9 Å². The number of hydrogen-bond acceptors (Lipinski definition) is 3. The zero-order valence-electron chi connectivity index (χ0n) is 10.6. The van der Waals surface area contributed by atoms with E-state index in [4.69, 9.17) is 0 Å². The Bertz CT molecular complexity index is 444. The van der Waals surface area contributed by atoms with Gasteiger partial charge in [0.2, 0.25) is 15.9 Å². The monoisotopic (exact) mass is 272 g/mol. The molecule has 6 heteroatoms. The van der Waals surface area contributed by atoms with Crippen molar-refractivity contribution in [1.29, 1.82) is 0 Å². The van der Waals surface area contributed by atoms with Gasteiger partial charge in [-0.1, -0.05) is 12.2 Å². The smallest absolute Gasteiger partial charge is 0.226 e. The first-order valence-electron chi connectivity index (χ1n) is 6.37. The first-order valence-corrected chi connectivity index (χ1v) is 8.26. The van der Waals surface area contributed by atoms with Gasteiger partial charge in [-0.15, -0.1) is 0 Å². The van der Waals surface area contributed by atoms with Crippen LogP contribution in [0, 0.1) is 5.92 Å². The van der Waals surface area contributed by atoms with E-state index in [1.54, 1.807) is 4.90 Å². The summed E-state index contributed by atoms with van der Waals surface area (Å²) in [7, 11) is -3.18. The van der Waals surface area contributed by atoms with Crippen molar-refractivity contribution in [2.75, 3.05) is 19.3 Å². The zero-order chi connectivity index (χ0) is 13.2. The Hall–Kier alpha value is -0.880. The molecule has 2 rings (SSSR count). The van der Waals surface area contributed by atoms with E-state index in [1.165, 1.54) is 0 Å². The van der Waals surface area contributed by atoms with Crippen LogP contribution in [0.2, 0.25) is 0 Å². The standard InChI is InChI=1S/C12H20N2O3S/c1-18(16,17)13-11-7-8-14(9-11)12(15)10-5-3-2-4-6-10/h2-3,10-11,13H,4-9H2,1H3. The van der Waals surface area contributed by atoms with Crippen LogP contribution in [0.25, 0.3) is 0 Å². The van der Waals surface area contributed by atoms with Crippen molar-refractivity contribution in [1.82, 2.24) is 9.62 Å². The summed E-state index contributed by atoms with van der Waals surface area (Å²) < 4.78 is 24.9. The second kappa shape index (κ2) is 5.40. The molecule has 1 aliphatic carbocycles. The third kappa shape index (κ3) is 3.55. The molecule has 0 spiro atoms. The van der Waals surface area contributed by atoms with Gasteiger partial charge in [0.15, 0.2) is 0 Å². The molecule has 1 fully saturated rings. The van der Waals surface area contributed by atoms with Crippen LogP contribution in [0.1, 0.15) is 25.7 Å². The summed E-state index contributed by atoms with van der Waals surface area (Å²) in [6.45, 7) is 1.17. The Morgan fingerprint density at radius 3 is 2.72 bits per heavy atom. The van der Waals surface area contributed by atoms with Crippen LogP contribution < -0.4 is 4.72 Å². The summed E-state index contributed by atoms with van der Waals surface area (Å²) >= 11 is 0. The Labute approximate surface area is 108 Å². The van der Waals surface area contributed by atoms with Gasteiger partial charge >= 0.3 is 0 Å². The summed E-state index contributed by atoms with van der Waals surface area (Å²) in [4.78, 5) is 14.0. The predicted molar refractivity (Wildman–Crippen MR) is 69.4 cm³/mol. The highest BCUT2D eigenvalue weighted by Gasteiger charge is 2.31. The molecular weight excluding hydrogens is 252 g/mol. The third-order valence-corrected chi connectivity index (χ3v) is 4.26. The van der Waals surface area contributed by atoms with Crippen molar-refractivity contribution < 1.29 is 13.2 Å². The Kier molecular flexibility index (Phi) is 4.07. The summed E-state index contributed by atoms with van der Waals surface area (Å²) in [5.41, 5.74) is 0. The largest absolute Gasteiger partial charge is 0.341 e. The van der Waals surface area contributed by atoms with Gasteiger partial charge in [0.1, 0.15) is 0 Å². The molecule has 0 aromatic rings. The normalized spacial score (nSPS) is 28.6. The molecule has 2 atom stereocenters. The molecule has 0 aromatic heterocycles. The molecule has 2 unspecified atom stereocenters. The van der Waals surface area contributed by atoms with Crippen molar-refractivity contribution in [2.24, 2.45) is 5.92 Å². The molecule has 1 heterocycles. The van der Waals surface area contributed by atoms with Crippen LogP contribution in [-0.2, 0) is 14.8 Å². The van der Waals surface area contributed by atoms with E-state index >= 15 is 0 Å². The van der Waals surface area contributed by atoms with Crippen LogP contribution in [-0.4, -0.2) is 44.6 Å². The van der Waals surface area contributed by atoms with Crippen LogP contribution >= 0.6 is 0 Å². The quantitative estimate of drug-likeness (QED) is 0.761. The SMILES string of the molecule is CS(=O)(=O)NC1CCN(C(=O)C2CC=CCC2)C1. The Morgan fingerprint density at radius 2 is 2.11 bits per heavy atom. The lowest BCUT2D eigenvalue weighted by Crippen LogP contribution is -2.39. The van der Waals surface area contributed by atoms with Gasteiger partial charge in [0.25, 0.3) is 0 Å². The lowest BCUT2D eigenvalue weighted by molar-refractivity contribution is -0.134. The highest BCUT2D eigenvalue weighted by molar-refractivity contribution is 7.88. The molecule has 1 N–H and O–H groups in total. The number of likely N-dealkylation sites (tertiary alicyclic amines) is 1. The van der Waals surface area contributed by atoms with Gasteiger partial charge in [-0.2, -0.15) is 0 Å². The van der Waals surface area contributed by atoms with Crippen molar-refractivity contribution in [3.05, 3.63) is 12.2 Å². The number of nitrogens with zero attached hydrogens (tertiary/aromatic N) is 1. The van der Waals surface area contributed by atoms with E-state index in [2.05, 4.69) is 16.9 Å². The number of hydrogen-bond donors (Lipinski definition) is 1. The molecule has 1 amide bonds. The lowest BCUT2D eigenvalue weighted by atomic mass is 9.93. The maximum absolute atomic E-state index is 12.2. The fraction of sp³-hybridized carbons (Fsp3) is 0.750. The lowest BCUT2D eigenvalue weighted by Gasteiger charge is -2.24. The molecule has 0 saturated carbocycles. The van der Waals surface area contributed by atoms with E-state index in [0.29, 0.717) is 19.5 Å². The van der Waals surface area contributed by atoms with Gasteiger partial charge in [-0.05, 0) is 25.7 Å². The fourth-order valence-electron chi connectivity index (χ4n) is 2.64. The summed E-state index contributed by atoms with van der Waals surface area (Å²) in [5.74, 6) is 0.268. The molecule has 1 aliphatic heterocycles. The number of amides is 1. The molecule has 5 nitrogen and oxygen atoms in total. The number of nitrogens with one attached hydrogen (secondary N) is 1. The van der Waals surface area contributed by atoms with Gasteiger partial charge in [0.05, 0.1) is 6.26 Å². The summed E-state index contributed by atoms with van der Waals surface area (Å²) in [6, 6.07) is -0.122. The number of allylic oxidation sites excluding steroid dienone is 2. The van der Waals surface area contributed by atoms with Crippen molar-refractivity contribution in [3.8, 4) is 0 Å². The Balaban J connectivity index is 1.88. The van der Waals surface area contributed by atoms with Crippen LogP contribution in [0.15, 0.2) is 12.2 Å². The number of sulfonamides is 1.